The van der Waals surface area contributed by atoms with Gasteiger partial charge in [-0.1, -0.05) is 29.8 Å². The van der Waals surface area contributed by atoms with Crippen molar-refractivity contribution in [2.24, 2.45) is 0 Å². The van der Waals surface area contributed by atoms with E-state index in [1.807, 2.05) is 24.3 Å². The molecule has 7 heteroatoms. The quantitative estimate of drug-likeness (QED) is 0.783. The number of benzene rings is 2. The van der Waals surface area contributed by atoms with Gasteiger partial charge in [0, 0.05) is 23.3 Å². The van der Waals surface area contributed by atoms with Crippen LogP contribution in [0.2, 0.25) is 5.02 Å². The number of esters is 1. The zero-order valence-corrected chi connectivity index (χ0v) is 16.6. The van der Waals surface area contributed by atoms with Crippen LogP contribution in [0.3, 0.4) is 0 Å². The lowest BCUT2D eigenvalue weighted by atomic mass is 9.78. The molecular weight excluding hydrogens is 380 g/mol. The number of carbonyl (C=O) groups excluding carboxylic acids is 3. The minimum Gasteiger partial charge on any atom is -0.467 e. The van der Waals surface area contributed by atoms with E-state index in [-0.39, 0.29) is 12.3 Å². The van der Waals surface area contributed by atoms with E-state index in [0.29, 0.717) is 10.6 Å². The van der Waals surface area contributed by atoms with Gasteiger partial charge in [0.1, 0.15) is 6.04 Å². The van der Waals surface area contributed by atoms with Gasteiger partial charge in [-0.25, -0.2) is 4.79 Å². The number of halogens is 1. The summed E-state index contributed by atoms with van der Waals surface area (Å²) in [6, 6.07) is 12.8. The van der Waals surface area contributed by atoms with E-state index in [1.165, 1.54) is 7.11 Å². The number of hydrogen-bond acceptors (Lipinski definition) is 4. The van der Waals surface area contributed by atoms with Crippen molar-refractivity contribution in [3.63, 3.8) is 0 Å². The molecule has 28 heavy (non-hydrogen) atoms. The molecule has 0 bridgehead atoms. The van der Waals surface area contributed by atoms with Crippen LogP contribution in [0, 0.1) is 0 Å². The van der Waals surface area contributed by atoms with Crippen molar-refractivity contribution < 1.29 is 19.1 Å². The summed E-state index contributed by atoms with van der Waals surface area (Å²) in [6.45, 7) is 1.78. The Morgan fingerprint density at radius 1 is 1.18 bits per heavy atom. The minimum atomic E-state index is -0.985. The number of hydrogen-bond donors (Lipinski definition) is 1. The SMILES string of the molecule is COC(=O)C(CC1(C)C(=O)N(C)c2ccccc21)NC(=O)c1ccc(Cl)cc1. The predicted octanol–water partition coefficient (Wildman–Crippen LogP) is 2.94. The number of para-hydroxylation sites is 1. The fraction of sp³-hybridized carbons (Fsp3) is 0.286. The van der Waals surface area contributed by atoms with Crippen LogP contribution >= 0.6 is 11.6 Å². The zero-order chi connectivity index (χ0) is 20.5. The smallest absolute Gasteiger partial charge is 0.328 e. The van der Waals surface area contributed by atoms with E-state index in [4.69, 9.17) is 16.3 Å². The van der Waals surface area contributed by atoms with Crippen LogP contribution in [0.4, 0.5) is 5.69 Å². The number of rotatable bonds is 5. The number of likely N-dealkylation sites (N-methyl/N-ethyl adjacent to an activating group) is 1. The number of ether oxygens (including phenoxy) is 1. The van der Waals surface area contributed by atoms with Gasteiger partial charge in [0.15, 0.2) is 0 Å². The maximum Gasteiger partial charge on any atom is 0.328 e. The van der Waals surface area contributed by atoms with Crippen molar-refractivity contribution in [3.05, 3.63) is 64.7 Å². The number of methoxy groups -OCH3 is 1. The first-order valence-corrected chi connectivity index (χ1v) is 9.17. The topological polar surface area (TPSA) is 75.7 Å². The molecule has 0 spiro atoms. The molecule has 1 aliphatic rings. The standard InChI is InChI=1S/C21H21ClN2O4/c1-21(15-6-4-5-7-17(15)24(2)20(21)27)12-16(19(26)28-3)23-18(25)13-8-10-14(22)11-9-13/h4-11,16H,12H2,1-3H3,(H,23,25). The molecule has 1 N–H and O–H groups in total. The van der Waals surface area contributed by atoms with Crippen molar-refractivity contribution in [2.75, 3.05) is 19.1 Å². The van der Waals surface area contributed by atoms with E-state index in [0.717, 1.165) is 11.3 Å². The molecule has 2 amide bonds. The van der Waals surface area contributed by atoms with Crippen molar-refractivity contribution >= 4 is 35.1 Å². The second-order valence-corrected chi connectivity index (χ2v) is 7.41. The lowest BCUT2D eigenvalue weighted by Crippen LogP contribution is -2.48. The third-order valence-electron chi connectivity index (χ3n) is 5.15. The van der Waals surface area contributed by atoms with Gasteiger partial charge in [0.05, 0.1) is 12.5 Å². The molecular formula is C21H21ClN2O4. The summed E-state index contributed by atoms with van der Waals surface area (Å²) in [5.41, 5.74) is 1.01. The molecule has 0 saturated heterocycles. The first kappa shape index (κ1) is 19.9. The summed E-state index contributed by atoms with van der Waals surface area (Å²) in [6.07, 6.45) is 0.0825. The van der Waals surface area contributed by atoms with E-state index in [9.17, 15) is 14.4 Å². The lowest BCUT2D eigenvalue weighted by Gasteiger charge is -2.28. The highest BCUT2D eigenvalue weighted by Crippen LogP contribution is 2.43. The molecule has 146 valence electrons. The maximum atomic E-state index is 13.0. The van der Waals surface area contributed by atoms with Crippen LogP contribution in [0.5, 0.6) is 0 Å². The maximum absolute atomic E-state index is 13.0. The highest BCUT2D eigenvalue weighted by Gasteiger charge is 2.48. The van der Waals surface area contributed by atoms with Gasteiger partial charge in [-0.2, -0.15) is 0 Å². The molecule has 0 radical (unpaired) electrons. The minimum absolute atomic E-state index is 0.0825. The lowest BCUT2D eigenvalue weighted by molar-refractivity contribution is -0.143. The number of amides is 2. The average Bonchev–Trinajstić information content (AvgIpc) is 2.89. The van der Waals surface area contributed by atoms with Crippen LogP contribution in [-0.4, -0.2) is 38.0 Å². The van der Waals surface area contributed by atoms with E-state index < -0.39 is 23.3 Å². The van der Waals surface area contributed by atoms with Gasteiger partial charge in [-0.05, 0) is 49.2 Å². The molecule has 2 unspecified atom stereocenters. The summed E-state index contributed by atoms with van der Waals surface area (Å²) < 4.78 is 4.87. The van der Waals surface area contributed by atoms with Crippen LogP contribution in [-0.2, 0) is 19.7 Å². The fourth-order valence-electron chi connectivity index (χ4n) is 3.61. The molecule has 0 fully saturated rings. The Balaban J connectivity index is 1.89. The Morgan fingerprint density at radius 3 is 2.46 bits per heavy atom. The monoisotopic (exact) mass is 400 g/mol. The number of nitrogens with one attached hydrogen (secondary N) is 1. The summed E-state index contributed by atoms with van der Waals surface area (Å²) >= 11 is 5.86. The second-order valence-electron chi connectivity index (χ2n) is 6.97. The van der Waals surface area contributed by atoms with E-state index in [2.05, 4.69) is 5.32 Å². The first-order valence-electron chi connectivity index (χ1n) is 8.80. The molecule has 1 aliphatic heterocycles. The molecule has 1 heterocycles. The molecule has 2 aromatic rings. The summed E-state index contributed by atoms with van der Waals surface area (Å²) in [4.78, 5) is 39.5. The third-order valence-corrected chi connectivity index (χ3v) is 5.40. The van der Waals surface area contributed by atoms with Gasteiger partial charge in [-0.3, -0.25) is 9.59 Å². The van der Waals surface area contributed by atoms with Crippen molar-refractivity contribution in [1.82, 2.24) is 5.32 Å². The molecule has 6 nitrogen and oxygen atoms in total. The number of fused-ring (bicyclic) bond motifs is 1. The highest BCUT2D eigenvalue weighted by molar-refractivity contribution is 6.30. The van der Waals surface area contributed by atoms with Crippen molar-refractivity contribution in [2.45, 2.75) is 24.8 Å². The fourth-order valence-corrected chi connectivity index (χ4v) is 3.74. The summed E-state index contributed by atoms with van der Waals surface area (Å²) in [5.74, 6) is -1.19. The molecule has 0 aliphatic carbocycles. The summed E-state index contributed by atoms with van der Waals surface area (Å²) in [5, 5.41) is 3.20. The summed E-state index contributed by atoms with van der Waals surface area (Å²) in [7, 11) is 2.95. The second kappa shape index (κ2) is 7.64. The molecule has 2 aromatic carbocycles. The van der Waals surface area contributed by atoms with E-state index >= 15 is 0 Å². The normalized spacial score (nSPS) is 19.1. The van der Waals surface area contributed by atoms with Crippen LogP contribution in [0.15, 0.2) is 48.5 Å². The van der Waals surface area contributed by atoms with Gasteiger partial charge >= 0.3 is 5.97 Å². The van der Waals surface area contributed by atoms with E-state index in [1.54, 1.807) is 43.1 Å². The Hall–Kier alpha value is -2.86. The molecule has 3 rings (SSSR count). The molecule has 2 atom stereocenters. The molecule has 0 saturated carbocycles. The molecule has 0 aromatic heterocycles. The van der Waals surface area contributed by atoms with Gasteiger partial charge in [-0.15, -0.1) is 0 Å². The first-order chi connectivity index (χ1) is 13.3. The Morgan fingerprint density at radius 2 is 1.82 bits per heavy atom. The number of anilines is 1. The van der Waals surface area contributed by atoms with Crippen LogP contribution in [0.25, 0.3) is 0 Å². The van der Waals surface area contributed by atoms with Crippen molar-refractivity contribution in [3.8, 4) is 0 Å². The van der Waals surface area contributed by atoms with Crippen LogP contribution < -0.4 is 10.2 Å². The van der Waals surface area contributed by atoms with Gasteiger partial charge < -0.3 is 15.0 Å². The Kier molecular flexibility index (Phi) is 5.42. The average molecular weight is 401 g/mol. The Labute approximate surface area is 168 Å². The third kappa shape index (κ3) is 3.47. The number of nitrogens with zero attached hydrogens (tertiary/aromatic N) is 1. The predicted molar refractivity (Wildman–Crippen MR) is 107 cm³/mol. The Bertz CT molecular complexity index is 928. The van der Waals surface area contributed by atoms with Crippen molar-refractivity contribution in [1.29, 1.82) is 0 Å². The largest absolute Gasteiger partial charge is 0.467 e. The van der Waals surface area contributed by atoms with Crippen LogP contribution in [0.1, 0.15) is 29.3 Å². The van der Waals surface area contributed by atoms with Gasteiger partial charge in [0.25, 0.3) is 5.91 Å². The zero-order valence-electron chi connectivity index (χ0n) is 15.9. The highest BCUT2D eigenvalue weighted by atomic mass is 35.5. The van der Waals surface area contributed by atoms with Gasteiger partial charge in [0.2, 0.25) is 5.91 Å². The number of carbonyl (C=O) groups is 3.